The molecule has 160 valence electrons. The zero-order valence-corrected chi connectivity index (χ0v) is 21.2. The van der Waals surface area contributed by atoms with Crippen LogP contribution in [0.1, 0.15) is 55.4 Å². The third-order valence-electron chi connectivity index (χ3n) is 6.07. The van der Waals surface area contributed by atoms with Gasteiger partial charge in [0.1, 0.15) is 0 Å². The molecule has 0 bridgehead atoms. The Bertz CT molecular complexity index is 425. The van der Waals surface area contributed by atoms with E-state index in [1.54, 1.807) is 0 Å². The molecule has 0 aromatic rings. The van der Waals surface area contributed by atoms with Crippen molar-refractivity contribution in [3.05, 3.63) is 0 Å². The molecule has 0 spiro atoms. The normalized spacial score (nSPS) is 31.1. The summed E-state index contributed by atoms with van der Waals surface area (Å²) in [6, 6.07) is 3.90. The fourth-order valence-electron chi connectivity index (χ4n) is 4.49. The number of hydrogen-bond donors (Lipinski definition) is 0. The van der Waals surface area contributed by atoms with E-state index in [1.807, 2.05) is 31.6 Å². The minimum Gasteiger partial charge on any atom is -0.298 e. The van der Waals surface area contributed by atoms with Crippen molar-refractivity contribution in [2.45, 2.75) is 91.6 Å². The van der Waals surface area contributed by atoms with Crippen molar-refractivity contribution < 1.29 is 0 Å². The van der Waals surface area contributed by atoms with Gasteiger partial charge in [-0.2, -0.15) is 0 Å². The van der Waals surface area contributed by atoms with Crippen LogP contribution in [0.2, 0.25) is 0 Å². The first-order chi connectivity index (χ1) is 12.7. The summed E-state index contributed by atoms with van der Waals surface area (Å²) < 4.78 is 2.58. The fraction of sp³-hybridized carbons (Fsp3) is 1.00. The van der Waals surface area contributed by atoms with Crippen LogP contribution in [0, 0.1) is 0 Å². The van der Waals surface area contributed by atoms with E-state index in [2.05, 4.69) is 74.4 Å². The molecule has 0 amide bonds. The second-order valence-electron chi connectivity index (χ2n) is 9.05. The Morgan fingerprint density at radius 2 is 1.33 bits per heavy atom. The largest absolute Gasteiger partial charge is 0.298 e. The van der Waals surface area contributed by atoms with Gasteiger partial charge in [-0.3, -0.25) is 14.7 Å². The van der Waals surface area contributed by atoms with Crippen LogP contribution in [0.25, 0.3) is 0 Å². The van der Waals surface area contributed by atoms with Gasteiger partial charge in [0.15, 0.2) is 0 Å². The standard InChI is InChI=1S/C20H42N4S3/c1-15(2)21-9-10-23(17(5)11-21)26-27-25-14-20(8)24-18(6)12-22(16(3)4)13-19(24)7/h15-20H,9-14H2,1-8H3/t17-,18-,19+,20?/m0/s1. The van der Waals surface area contributed by atoms with Gasteiger partial charge in [-0.05, 0) is 65.2 Å². The van der Waals surface area contributed by atoms with Crippen molar-refractivity contribution in [3.8, 4) is 0 Å². The number of piperazine rings is 2. The molecule has 1 unspecified atom stereocenters. The van der Waals surface area contributed by atoms with Crippen molar-refractivity contribution in [2.75, 3.05) is 38.5 Å². The van der Waals surface area contributed by atoms with E-state index in [-0.39, 0.29) is 0 Å². The molecular weight excluding hydrogens is 392 g/mol. The molecule has 4 nitrogen and oxygen atoms in total. The molecule has 0 aromatic carbocycles. The van der Waals surface area contributed by atoms with Gasteiger partial charge in [0, 0.05) is 85.7 Å². The van der Waals surface area contributed by atoms with Crippen molar-refractivity contribution >= 4 is 31.6 Å². The Hall–Kier alpha value is 0.890. The predicted molar refractivity (Wildman–Crippen MR) is 127 cm³/mol. The lowest BCUT2D eigenvalue weighted by Crippen LogP contribution is -2.60. The zero-order valence-electron chi connectivity index (χ0n) is 18.7. The van der Waals surface area contributed by atoms with Crippen molar-refractivity contribution in [1.29, 1.82) is 0 Å². The monoisotopic (exact) mass is 434 g/mol. The molecule has 2 aliphatic rings. The highest BCUT2D eigenvalue weighted by Gasteiger charge is 2.33. The number of nitrogens with zero attached hydrogens (tertiary/aromatic N) is 4. The summed E-state index contributed by atoms with van der Waals surface area (Å²) in [4.78, 5) is 7.98. The smallest absolute Gasteiger partial charge is 0.0310 e. The minimum atomic E-state index is 0.637. The highest BCUT2D eigenvalue weighted by molar-refractivity contribution is 9.09. The van der Waals surface area contributed by atoms with Gasteiger partial charge in [-0.25, -0.2) is 4.31 Å². The molecule has 2 rings (SSSR count). The van der Waals surface area contributed by atoms with E-state index < -0.39 is 0 Å². The molecule has 0 saturated carbocycles. The predicted octanol–water partition coefficient (Wildman–Crippen LogP) is 4.54. The highest BCUT2D eigenvalue weighted by atomic mass is 33.5. The van der Waals surface area contributed by atoms with Crippen LogP contribution in [0.4, 0.5) is 0 Å². The van der Waals surface area contributed by atoms with E-state index in [4.69, 9.17) is 0 Å². The first kappa shape index (κ1) is 24.2. The number of hydrogen-bond acceptors (Lipinski definition) is 7. The Morgan fingerprint density at radius 1 is 0.778 bits per heavy atom. The summed E-state index contributed by atoms with van der Waals surface area (Å²) >= 11 is 0. The quantitative estimate of drug-likeness (QED) is 0.312. The van der Waals surface area contributed by atoms with Crippen molar-refractivity contribution in [3.63, 3.8) is 0 Å². The lowest BCUT2D eigenvalue weighted by Gasteiger charge is -2.48. The van der Waals surface area contributed by atoms with Crippen LogP contribution in [-0.2, 0) is 0 Å². The molecule has 2 heterocycles. The summed E-state index contributed by atoms with van der Waals surface area (Å²) in [5, 5.41) is 0. The lowest BCUT2D eigenvalue weighted by atomic mass is 10.0. The SMILES string of the molecule is CC(C)N1CCN(SSSCC(C)N2[C@H](C)CN(C(C)C)C[C@@H]2C)[C@@H](C)C1. The molecule has 2 saturated heterocycles. The summed E-state index contributed by atoms with van der Waals surface area (Å²) in [7, 11) is 5.99. The molecule has 27 heavy (non-hydrogen) atoms. The van der Waals surface area contributed by atoms with Crippen molar-refractivity contribution in [2.24, 2.45) is 0 Å². The maximum absolute atomic E-state index is 2.75. The topological polar surface area (TPSA) is 13.0 Å². The van der Waals surface area contributed by atoms with Crippen molar-refractivity contribution in [1.82, 2.24) is 19.0 Å². The van der Waals surface area contributed by atoms with Crippen LogP contribution >= 0.6 is 31.6 Å². The molecule has 0 aliphatic carbocycles. The van der Waals surface area contributed by atoms with Crippen LogP contribution in [-0.4, -0.2) is 93.7 Å². The molecule has 2 aliphatic heterocycles. The number of rotatable bonds is 8. The first-order valence-electron chi connectivity index (χ1n) is 10.7. The minimum absolute atomic E-state index is 0.637. The summed E-state index contributed by atoms with van der Waals surface area (Å²) in [6.45, 7) is 24.9. The summed E-state index contributed by atoms with van der Waals surface area (Å²) in [5.41, 5.74) is 0. The zero-order chi connectivity index (χ0) is 20.1. The molecule has 4 atom stereocenters. The van der Waals surface area contributed by atoms with E-state index in [1.165, 1.54) is 38.5 Å². The van der Waals surface area contributed by atoms with Crippen LogP contribution in [0.15, 0.2) is 0 Å². The lowest BCUT2D eigenvalue weighted by molar-refractivity contribution is 0.00514. The Labute approximate surface area is 180 Å². The van der Waals surface area contributed by atoms with Gasteiger partial charge in [0.05, 0.1) is 0 Å². The van der Waals surface area contributed by atoms with Gasteiger partial charge >= 0.3 is 0 Å². The Balaban J connectivity index is 1.69. The van der Waals surface area contributed by atoms with E-state index in [0.29, 0.717) is 36.3 Å². The molecule has 0 aromatic heterocycles. The van der Waals surface area contributed by atoms with Gasteiger partial charge in [0.2, 0.25) is 0 Å². The summed E-state index contributed by atoms with van der Waals surface area (Å²) in [6.07, 6.45) is 0. The molecular formula is C20H42N4S3. The van der Waals surface area contributed by atoms with Gasteiger partial charge in [-0.15, -0.1) is 0 Å². The van der Waals surface area contributed by atoms with Gasteiger partial charge in [0.25, 0.3) is 0 Å². The van der Waals surface area contributed by atoms with Gasteiger partial charge < -0.3 is 0 Å². The van der Waals surface area contributed by atoms with Crippen LogP contribution in [0.5, 0.6) is 0 Å². The van der Waals surface area contributed by atoms with E-state index in [0.717, 1.165) is 0 Å². The fourth-order valence-corrected chi connectivity index (χ4v) is 8.78. The maximum atomic E-state index is 2.75. The second-order valence-corrected chi connectivity index (χ2v) is 13.2. The summed E-state index contributed by atoms with van der Waals surface area (Å²) in [5.74, 6) is 1.20. The third-order valence-corrected chi connectivity index (χ3v) is 10.4. The van der Waals surface area contributed by atoms with Crippen LogP contribution < -0.4 is 0 Å². The average molecular weight is 435 g/mol. The molecule has 0 N–H and O–H groups in total. The third kappa shape index (κ3) is 6.97. The van der Waals surface area contributed by atoms with E-state index in [9.17, 15) is 0 Å². The second kappa shape index (κ2) is 11.3. The highest BCUT2D eigenvalue weighted by Crippen LogP contribution is 2.40. The first-order valence-corrected chi connectivity index (χ1v) is 14.3. The van der Waals surface area contributed by atoms with E-state index >= 15 is 0 Å². The molecule has 2 fully saturated rings. The molecule has 0 radical (unpaired) electrons. The Kier molecular flexibility index (Phi) is 10.1. The average Bonchev–Trinajstić information content (AvgIpc) is 2.58. The van der Waals surface area contributed by atoms with Gasteiger partial charge in [-0.1, -0.05) is 10.8 Å². The van der Waals surface area contributed by atoms with Crippen LogP contribution in [0.3, 0.4) is 0 Å². The molecule has 7 heteroatoms. The maximum Gasteiger partial charge on any atom is 0.0310 e. The Morgan fingerprint density at radius 3 is 1.85 bits per heavy atom.